The molecular weight excluding hydrogens is 282 g/mol. The highest BCUT2D eigenvalue weighted by molar-refractivity contribution is 5.94. The van der Waals surface area contributed by atoms with Gasteiger partial charge in [0.25, 0.3) is 0 Å². The molecule has 0 saturated heterocycles. The Morgan fingerprint density at radius 3 is 2.23 bits per heavy atom. The lowest BCUT2D eigenvalue weighted by molar-refractivity contribution is -0.119. The number of hydrogen-bond acceptors (Lipinski definition) is 4. The molecule has 122 valence electrons. The van der Waals surface area contributed by atoms with Crippen LogP contribution in [0.15, 0.2) is 24.3 Å². The van der Waals surface area contributed by atoms with Crippen molar-refractivity contribution in [2.75, 3.05) is 37.4 Å². The van der Waals surface area contributed by atoms with E-state index >= 15 is 0 Å². The molecule has 1 rings (SSSR count). The quantitative estimate of drug-likeness (QED) is 0.608. The number of ether oxygens (including phenoxy) is 1. The van der Waals surface area contributed by atoms with Crippen LogP contribution in [0.4, 0.5) is 11.4 Å². The number of carbonyl (C=O) groups excluding carboxylic acids is 2. The van der Waals surface area contributed by atoms with E-state index in [4.69, 9.17) is 4.74 Å². The topological polar surface area (TPSA) is 79.5 Å². The average molecular weight is 307 g/mol. The van der Waals surface area contributed by atoms with Crippen LogP contribution in [0.3, 0.4) is 0 Å². The fraction of sp³-hybridized carbons (Fsp3) is 0.500. The summed E-state index contributed by atoms with van der Waals surface area (Å²) in [5, 5.41) is 8.63. The van der Waals surface area contributed by atoms with Gasteiger partial charge in [0.2, 0.25) is 11.8 Å². The summed E-state index contributed by atoms with van der Waals surface area (Å²) in [6, 6.07) is 7.06. The second-order valence-corrected chi connectivity index (χ2v) is 5.29. The molecule has 0 aliphatic heterocycles. The number of hydrogen-bond donors (Lipinski definition) is 3. The highest BCUT2D eigenvalue weighted by Gasteiger charge is 2.07. The minimum Gasteiger partial charge on any atom is -0.385 e. The van der Waals surface area contributed by atoms with Gasteiger partial charge in [0.1, 0.15) is 0 Å². The van der Waals surface area contributed by atoms with Crippen LogP contribution in [0, 0.1) is 5.92 Å². The van der Waals surface area contributed by atoms with Gasteiger partial charge in [0.15, 0.2) is 0 Å². The zero-order valence-electron chi connectivity index (χ0n) is 13.4. The largest absolute Gasteiger partial charge is 0.385 e. The summed E-state index contributed by atoms with van der Waals surface area (Å²) in [7, 11) is 1.65. The van der Waals surface area contributed by atoms with Crippen molar-refractivity contribution in [2.24, 2.45) is 5.92 Å². The molecular formula is C16H25N3O3. The number of rotatable bonds is 9. The van der Waals surface area contributed by atoms with Gasteiger partial charge in [-0.3, -0.25) is 9.59 Å². The molecule has 0 aromatic heterocycles. The Morgan fingerprint density at radius 2 is 1.68 bits per heavy atom. The summed E-state index contributed by atoms with van der Waals surface area (Å²) in [6.45, 7) is 5.35. The molecule has 0 fully saturated rings. The molecule has 0 heterocycles. The van der Waals surface area contributed by atoms with Gasteiger partial charge in [-0.05, 0) is 37.2 Å². The van der Waals surface area contributed by atoms with Crippen molar-refractivity contribution in [2.45, 2.75) is 20.3 Å². The van der Waals surface area contributed by atoms with Crippen LogP contribution in [0.1, 0.15) is 20.3 Å². The molecule has 0 saturated carbocycles. The fourth-order valence-electron chi connectivity index (χ4n) is 1.67. The SMILES string of the molecule is COCCCNCC(=O)Nc1ccc(NC(=O)C(C)C)cc1. The van der Waals surface area contributed by atoms with E-state index in [-0.39, 0.29) is 24.3 Å². The van der Waals surface area contributed by atoms with Gasteiger partial charge in [-0.25, -0.2) is 0 Å². The van der Waals surface area contributed by atoms with Crippen LogP contribution in [0.25, 0.3) is 0 Å². The molecule has 0 radical (unpaired) electrons. The molecule has 0 spiro atoms. The summed E-state index contributed by atoms with van der Waals surface area (Å²) >= 11 is 0. The standard InChI is InChI=1S/C16H25N3O3/c1-12(2)16(21)19-14-7-5-13(6-8-14)18-15(20)11-17-9-4-10-22-3/h5-8,12,17H,4,9-11H2,1-3H3,(H,18,20)(H,19,21). The van der Waals surface area contributed by atoms with Crippen LogP contribution in [-0.2, 0) is 14.3 Å². The van der Waals surface area contributed by atoms with Crippen LogP contribution < -0.4 is 16.0 Å². The first-order valence-electron chi connectivity index (χ1n) is 7.43. The third-order valence-electron chi connectivity index (χ3n) is 2.95. The maximum atomic E-state index is 11.7. The monoisotopic (exact) mass is 307 g/mol. The molecule has 0 aliphatic carbocycles. The van der Waals surface area contributed by atoms with Crippen LogP contribution in [0.5, 0.6) is 0 Å². The Bertz CT molecular complexity index is 472. The third-order valence-corrected chi connectivity index (χ3v) is 2.95. The number of benzene rings is 1. The Morgan fingerprint density at radius 1 is 1.09 bits per heavy atom. The smallest absolute Gasteiger partial charge is 0.238 e. The van der Waals surface area contributed by atoms with Crippen molar-refractivity contribution in [3.8, 4) is 0 Å². The van der Waals surface area contributed by atoms with Crippen molar-refractivity contribution in [1.82, 2.24) is 5.32 Å². The molecule has 0 atom stereocenters. The molecule has 0 bridgehead atoms. The van der Waals surface area contributed by atoms with Gasteiger partial charge >= 0.3 is 0 Å². The first kappa shape index (κ1) is 18.1. The predicted molar refractivity (Wildman–Crippen MR) is 87.9 cm³/mol. The molecule has 6 nitrogen and oxygen atoms in total. The number of carbonyl (C=O) groups is 2. The van der Waals surface area contributed by atoms with E-state index in [1.54, 1.807) is 31.4 Å². The number of methoxy groups -OCH3 is 1. The van der Waals surface area contributed by atoms with Gasteiger partial charge < -0.3 is 20.7 Å². The van der Waals surface area contributed by atoms with Crippen LogP contribution >= 0.6 is 0 Å². The van der Waals surface area contributed by atoms with Gasteiger partial charge in [0, 0.05) is 31.0 Å². The maximum Gasteiger partial charge on any atom is 0.238 e. The van der Waals surface area contributed by atoms with Crippen molar-refractivity contribution >= 4 is 23.2 Å². The predicted octanol–water partition coefficient (Wildman–Crippen LogP) is 1.85. The lowest BCUT2D eigenvalue weighted by atomic mass is 10.2. The van der Waals surface area contributed by atoms with E-state index in [0.717, 1.165) is 18.7 Å². The summed E-state index contributed by atoms with van der Waals surface area (Å²) in [5.74, 6) is -0.197. The lowest BCUT2D eigenvalue weighted by Gasteiger charge is -2.09. The van der Waals surface area contributed by atoms with Gasteiger partial charge in [-0.15, -0.1) is 0 Å². The highest BCUT2D eigenvalue weighted by atomic mass is 16.5. The Labute approximate surface area is 131 Å². The van der Waals surface area contributed by atoms with E-state index in [1.165, 1.54) is 0 Å². The molecule has 0 unspecified atom stereocenters. The second-order valence-electron chi connectivity index (χ2n) is 5.29. The van der Waals surface area contributed by atoms with E-state index in [9.17, 15) is 9.59 Å². The van der Waals surface area contributed by atoms with Gasteiger partial charge in [0.05, 0.1) is 6.54 Å². The third kappa shape index (κ3) is 7.19. The van der Waals surface area contributed by atoms with Gasteiger partial charge in [-0.1, -0.05) is 13.8 Å². The van der Waals surface area contributed by atoms with E-state index in [2.05, 4.69) is 16.0 Å². The van der Waals surface area contributed by atoms with Crippen molar-refractivity contribution in [1.29, 1.82) is 0 Å². The average Bonchev–Trinajstić information content (AvgIpc) is 2.49. The van der Waals surface area contributed by atoms with Crippen molar-refractivity contribution < 1.29 is 14.3 Å². The Hall–Kier alpha value is -1.92. The fourth-order valence-corrected chi connectivity index (χ4v) is 1.67. The van der Waals surface area contributed by atoms with Gasteiger partial charge in [-0.2, -0.15) is 0 Å². The summed E-state index contributed by atoms with van der Waals surface area (Å²) in [6.07, 6.45) is 0.869. The maximum absolute atomic E-state index is 11.7. The molecule has 22 heavy (non-hydrogen) atoms. The van der Waals surface area contributed by atoms with Crippen LogP contribution in [-0.4, -0.2) is 38.6 Å². The van der Waals surface area contributed by atoms with Crippen molar-refractivity contribution in [3.05, 3.63) is 24.3 Å². The molecule has 1 aromatic rings. The normalized spacial score (nSPS) is 10.5. The first-order chi connectivity index (χ1) is 10.5. The summed E-state index contributed by atoms with van der Waals surface area (Å²) in [5.41, 5.74) is 1.42. The number of nitrogens with one attached hydrogen (secondary N) is 3. The van der Waals surface area contributed by atoms with E-state index in [0.29, 0.717) is 12.3 Å². The van der Waals surface area contributed by atoms with Crippen molar-refractivity contribution in [3.63, 3.8) is 0 Å². The summed E-state index contributed by atoms with van der Waals surface area (Å²) in [4.78, 5) is 23.3. The zero-order chi connectivity index (χ0) is 16.4. The van der Waals surface area contributed by atoms with Crippen LogP contribution in [0.2, 0.25) is 0 Å². The molecule has 1 aromatic carbocycles. The zero-order valence-corrected chi connectivity index (χ0v) is 13.4. The molecule has 2 amide bonds. The second kappa shape index (κ2) is 9.92. The Balaban J connectivity index is 2.34. The summed E-state index contributed by atoms with van der Waals surface area (Å²) < 4.78 is 4.93. The van der Waals surface area contributed by atoms with E-state index < -0.39 is 0 Å². The molecule has 6 heteroatoms. The number of anilines is 2. The minimum atomic E-state index is -0.101. The lowest BCUT2D eigenvalue weighted by Crippen LogP contribution is -2.29. The Kier molecular flexibility index (Phi) is 8.17. The number of amides is 2. The minimum absolute atomic E-state index is 0.0305. The first-order valence-corrected chi connectivity index (χ1v) is 7.43. The molecule has 0 aliphatic rings. The van der Waals surface area contributed by atoms with E-state index in [1.807, 2.05) is 13.8 Å². The molecule has 3 N–H and O–H groups in total. The highest BCUT2D eigenvalue weighted by Crippen LogP contribution is 2.14.